The summed E-state index contributed by atoms with van der Waals surface area (Å²) in [5.41, 5.74) is 5.77. The number of rotatable bonds is 14. The molecule has 0 unspecified atom stereocenters. The second kappa shape index (κ2) is 19.0. The van der Waals surface area contributed by atoms with E-state index in [1.807, 2.05) is 18.2 Å². The molecule has 0 bridgehead atoms. The van der Waals surface area contributed by atoms with E-state index in [2.05, 4.69) is 30.5 Å². The van der Waals surface area contributed by atoms with Crippen molar-refractivity contribution < 1.29 is 9.90 Å². The lowest BCUT2D eigenvalue weighted by molar-refractivity contribution is -0.136. The van der Waals surface area contributed by atoms with Crippen molar-refractivity contribution in [1.29, 1.82) is 0 Å². The summed E-state index contributed by atoms with van der Waals surface area (Å²) in [6.07, 6.45) is 26.7. The third kappa shape index (κ3) is 20.0. The van der Waals surface area contributed by atoms with E-state index < -0.39 is 5.97 Å². The fourth-order valence-corrected chi connectivity index (χ4v) is 2.08. The molecular weight excluding hydrogens is 296 g/mol. The molecular formula is C22H32O2. The second-order valence-corrected chi connectivity index (χ2v) is 5.71. The molecule has 0 radical (unpaired) electrons. The molecule has 0 aliphatic heterocycles. The van der Waals surface area contributed by atoms with E-state index in [0.29, 0.717) is 6.42 Å². The van der Waals surface area contributed by atoms with Gasteiger partial charge in [0.1, 0.15) is 0 Å². The average molecular weight is 328 g/mol. The van der Waals surface area contributed by atoms with E-state index >= 15 is 0 Å². The highest BCUT2D eigenvalue weighted by Crippen LogP contribution is 2.08. The van der Waals surface area contributed by atoms with E-state index in [-0.39, 0.29) is 6.42 Å². The van der Waals surface area contributed by atoms with Crippen molar-refractivity contribution in [1.82, 2.24) is 0 Å². The molecule has 0 rings (SSSR count). The molecule has 132 valence electrons. The highest BCUT2D eigenvalue weighted by molar-refractivity contribution is 5.66. The van der Waals surface area contributed by atoms with Crippen molar-refractivity contribution >= 4 is 5.97 Å². The van der Waals surface area contributed by atoms with Gasteiger partial charge < -0.3 is 5.11 Å². The summed E-state index contributed by atoms with van der Waals surface area (Å²) in [6.45, 7) is 2.25. The van der Waals surface area contributed by atoms with E-state index in [1.165, 1.54) is 44.9 Å². The lowest BCUT2D eigenvalue weighted by Crippen LogP contribution is -1.91. The van der Waals surface area contributed by atoms with Crippen molar-refractivity contribution in [2.24, 2.45) is 0 Å². The van der Waals surface area contributed by atoms with Crippen LogP contribution in [0.1, 0.15) is 71.1 Å². The van der Waals surface area contributed by atoms with Gasteiger partial charge in [0.2, 0.25) is 0 Å². The maximum absolute atomic E-state index is 10.3. The van der Waals surface area contributed by atoms with Crippen LogP contribution in [-0.2, 0) is 4.79 Å². The van der Waals surface area contributed by atoms with Gasteiger partial charge in [0, 0.05) is 6.42 Å². The predicted molar refractivity (Wildman–Crippen MR) is 103 cm³/mol. The van der Waals surface area contributed by atoms with Crippen LogP contribution < -0.4 is 0 Å². The third-order valence-electron chi connectivity index (χ3n) is 3.44. The van der Waals surface area contributed by atoms with Crippen LogP contribution in [-0.4, -0.2) is 11.1 Å². The summed E-state index contributed by atoms with van der Waals surface area (Å²) in [5, 5.41) is 8.47. The van der Waals surface area contributed by atoms with Gasteiger partial charge >= 0.3 is 5.97 Å². The number of allylic oxidation sites excluding steroid dienone is 8. The standard InChI is InChI=1S/C22H32O2/c1-2-3-4-5-6-7-8-9-10-11-12-13-14-15-16-17-18-19-20-21-22(23)24/h10-14,17-19H,2-9,20-21H2,1H3,(H,23,24)/b11-10+,13-12+,17-14?,19-18+. The Morgan fingerprint density at radius 1 is 0.792 bits per heavy atom. The van der Waals surface area contributed by atoms with Gasteiger partial charge in [0.05, 0.1) is 0 Å². The molecule has 0 aliphatic carbocycles. The minimum atomic E-state index is -0.774. The van der Waals surface area contributed by atoms with E-state index in [4.69, 9.17) is 5.11 Å². The van der Waals surface area contributed by atoms with Gasteiger partial charge in [-0.1, -0.05) is 93.4 Å². The molecule has 0 aliphatic rings. The minimum Gasteiger partial charge on any atom is -0.481 e. The Hall–Kier alpha value is -2.01. The Morgan fingerprint density at radius 2 is 1.42 bits per heavy atom. The molecule has 0 heterocycles. The average Bonchev–Trinajstić information content (AvgIpc) is 2.56. The van der Waals surface area contributed by atoms with Crippen LogP contribution in [0.5, 0.6) is 0 Å². The highest BCUT2D eigenvalue weighted by atomic mass is 16.4. The number of carboxylic acids is 1. The highest BCUT2D eigenvalue weighted by Gasteiger charge is 1.90. The minimum absolute atomic E-state index is 0.165. The summed E-state index contributed by atoms with van der Waals surface area (Å²) >= 11 is 0. The van der Waals surface area contributed by atoms with Gasteiger partial charge in [-0.2, -0.15) is 0 Å². The van der Waals surface area contributed by atoms with Gasteiger partial charge in [-0.3, -0.25) is 4.79 Å². The quantitative estimate of drug-likeness (QED) is 0.224. The topological polar surface area (TPSA) is 37.3 Å². The summed E-state index contributed by atoms with van der Waals surface area (Å²) in [4.78, 5) is 10.3. The zero-order chi connectivity index (χ0) is 17.7. The molecule has 0 saturated carbocycles. The summed E-state index contributed by atoms with van der Waals surface area (Å²) in [6, 6.07) is 0. The van der Waals surface area contributed by atoms with Gasteiger partial charge in [-0.25, -0.2) is 0 Å². The zero-order valence-corrected chi connectivity index (χ0v) is 15.0. The van der Waals surface area contributed by atoms with Crippen LogP contribution in [0.15, 0.2) is 60.1 Å². The number of hydrogen-bond donors (Lipinski definition) is 1. The first kappa shape index (κ1) is 22.0. The first-order chi connectivity index (χ1) is 11.8. The van der Waals surface area contributed by atoms with Gasteiger partial charge in [0.15, 0.2) is 0 Å². The Kier molecular flexibility index (Phi) is 17.4. The zero-order valence-electron chi connectivity index (χ0n) is 15.0. The van der Waals surface area contributed by atoms with E-state index in [1.54, 1.807) is 18.2 Å². The molecule has 0 aromatic rings. The normalized spacial score (nSPS) is 11.0. The molecule has 1 N–H and O–H groups in total. The van der Waals surface area contributed by atoms with E-state index in [9.17, 15) is 4.79 Å². The van der Waals surface area contributed by atoms with Gasteiger partial charge in [-0.05, 0) is 31.4 Å². The van der Waals surface area contributed by atoms with Crippen molar-refractivity contribution in [2.75, 3.05) is 0 Å². The lowest BCUT2D eigenvalue weighted by Gasteiger charge is -1.98. The molecule has 0 fully saturated rings. The molecule has 2 nitrogen and oxygen atoms in total. The number of carboxylic acid groups (broad SMARTS) is 1. The Morgan fingerprint density at radius 3 is 2.12 bits per heavy atom. The maximum Gasteiger partial charge on any atom is 0.303 e. The molecule has 0 aromatic heterocycles. The molecule has 0 amide bonds. The smallest absolute Gasteiger partial charge is 0.303 e. The van der Waals surface area contributed by atoms with Crippen LogP contribution in [0.25, 0.3) is 0 Å². The predicted octanol–water partition coefficient (Wildman–Crippen LogP) is 6.53. The van der Waals surface area contributed by atoms with Crippen LogP contribution in [0.4, 0.5) is 0 Å². The van der Waals surface area contributed by atoms with Crippen molar-refractivity contribution in [3.8, 4) is 0 Å². The Bertz CT molecular complexity index is 482. The van der Waals surface area contributed by atoms with Crippen LogP contribution in [0.2, 0.25) is 0 Å². The summed E-state index contributed by atoms with van der Waals surface area (Å²) < 4.78 is 0. The van der Waals surface area contributed by atoms with Gasteiger partial charge in [0.25, 0.3) is 0 Å². The number of unbranched alkanes of at least 4 members (excludes halogenated alkanes) is 7. The van der Waals surface area contributed by atoms with Gasteiger partial charge in [-0.15, -0.1) is 0 Å². The summed E-state index contributed by atoms with van der Waals surface area (Å²) in [7, 11) is 0. The number of aliphatic carboxylic acids is 1. The first-order valence-electron chi connectivity index (χ1n) is 9.13. The monoisotopic (exact) mass is 328 g/mol. The van der Waals surface area contributed by atoms with Crippen LogP contribution >= 0.6 is 0 Å². The molecule has 0 spiro atoms. The molecule has 24 heavy (non-hydrogen) atoms. The fraction of sp³-hybridized carbons (Fsp3) is 0.500. The second-order valence-electron chi connectivity index (χ2n) is 5.71. The Balaban J connectivity index is 3.64. The SMILES string of the molecule is CCCCCCCCC/C=C/C=C/C=C=C=C/C=C/CCC(=O)O. The van der Waals surface area contributed by atoms with Crippen LogP contribution in [0, 0.1) is 0 Å². The summed E-state index contributed by atoms with van der Waals surface area (Å²) in [5.74, 6) is -0.774. The van der Waals surface area contributed by atoms with Crippen molar-refractivity contribution in [2.45, 2.75) is 71.1 Å². The van der Waals surface area contributed by atoms with E-state index in [0.717, 1.165) is 6.42 Å². The van der Waals surface area contributed by atoms with Crippen molar-refractivity contribution in [3.05, 3.63) is 60.1 Å². The number of hydrogen-bond acceptors (Lipinski definition) is 1. The number of carbonyl (C=O) groups is 1. The third-order valence-corrected chi connectivity index (χ3v) is 3.44. The first-order valence-corrected chi connectivity index (χ1v) is 9.13. The Labute approximate surface area is 147 Å². The lowest BCUT2D eigenvalue weighted by atomic mass is 10.1. The molecule has 2 heteroatoms. The van der Waals surface area contributed by atoms with Crippen LogP contribution in [0.3, 0.4) is 0 Å². The fourth-order valence-electron chi connectivity index (χ4n) is 2.08. The molecule has 0 saturated heterocycles. The largest absolute Gasteiger partial charge is 0.481 e. The maximum atomic E-state index is 10.3. The molecule has 0 atom stereocenters. The van der Waals surface area contributed by atoms with Crippen molar-refractivity contribution in [3.63, 3.8) is 0 Å². The molecule has 0 aromatic carbocycles.